The van der Waals surface area contributed by atoms with Gasteiger partial charge in [-0.1, -0.05) is 194 Å². The fourth-order valence-electron chi connectivity index (χ4n) is 8.45. The second kappa shape index (κ2) is 14.1. The molecule has 0 aliphatic heterocycles. The van der Waals surface area contributed by atoms with Gasteiger partial charge in [-0.25, -0.2) is 15.0 Å². The number of hydrogen-bond donors (Lipinski definition) is 0. The van der Waals surface area contributed by atoms with E-state index in [0.717, 1.165) is 77.7 Å². The van der Waals surface area contributed by atoms with E-state index in [2.05, 4.69) is 176 Å². The Bertz CT molecular complexity index is 3250. The zero-order valence-electron chi connectivity index (χ0n) is 31.5. The maximum Gasteiger partial charge on any atom is 0.160 e. The first-order valence-corrected chi connectivity index (χ1v) is 19.7. The molecule has 270 valence electrons. The second-order valence-corrected chi connectivity index (χ2v) is 14.7. The van der Waals surface area contributed by atoms with Crippen LogP contribution in [-0.2, 0) is 0 Å². The van der Waals surface area contributed by atoms with E-state index in [4.69, 9.17) is 15.0 Å². The molecule has 0 fully saturated rings. The van der Waals surface area contributed by atoms with Crippen molar-refractivity contribution in [3.63, 3.8) is 0 Å². The lowest BCUT2D eigenvalue weighted by molar-refractivity contribution is 1.18. The quantitative estimate of drug-likeness (QED) is 0.160. The number of benzene rings is 9. The lowest BCUT2D eigenvalue weighted by atomic mass is 9.89. The van der Waals surface area contributed by atoms with Crippen LogP contribution in [0.3, 0.4) is 0 Å². The van der Waals surface area contributed by atoms with Crippen LogP contribution in [0.5, 0.6) is 0 Å². The van der Waals surface area contributed by atoms with Crippen molar-refractivity contribution in [1.82, 2.24) is 15.0 Å². The van der Waals surface area contributed by atoms with Crippen LogP contribution >= 0.6 is 0 Å². The van der Waals surface area contributed by atoms with Gasteiger partial charge in [-0.05, 0) is 67.4 Å². The van der Waals surface area contributed by atoms with E-state index in [0.29, 0.717) is 5.82 Å². The minimum atomic E-state index is 0.693. The summed E-state index contributed by atoms with van der Waals surface area (Å²) in [6.45, 7) is 0. The maximum absolute atomic E-state index is 5.53. The third-order valence-corrected chi connectivity index (χ3v) is 11.3. The predicted octanol–water partition coefficient (Wildman–Crippen LogP) is 14.5. The smallest absolute Gasteiger partial charge is 0.160 e. The van der Waals surface area contributed by atoms with E-state index < -0.39 is 0 Å². The Morgan fingerprint density at radius 3 is 1.38 bits per heavy atom. The van der Waals surface area contributed by atoms with E-state index in [9.17, 15) is 0 Å². The molecule has 2 heterocycles. The number of nitrogens with zero attached hydrogens (tertiary/aromatic N) is 3. The third kappa shape index (κ3) is 5.89. The average molecular weight is 738 g/mol. The number of rotatable bonds is 6. The summed E-state index contributed by atoms with van der Waals surface area (Å²) in [7, 11) is 0. The molecule has 0 radical (unpaired) electrons. The molecule has 58 heavy (non-hydrogen) atoms. The number of pyridine rings is 1. The van der Waals surface area contributed by atoms with Crippen molar-refractivity contribution < 1.29 is 0 Å². The van der Waals surface area contributed by atoms with Crippen molar-refractivity contribution in [2.24, 2.45) is 0 Å². The van der Waals surface area contributed by atoms with Gasteiger partial charge in [0.25, 0.3) is 0 Å². The Morgan fingerprint density at radius 2 is 0.741 bits per heavy atom. The van der Waals surface area contributed by atoms with Gasteiger partial charge in [0.05, 0.1) is 22.6 Å². The van der Waals surface area contributed by atoms with E-state index >= 15 is 0 Å². The number of fused-ring (bicyclic) bond motifs is 5. The van der Waals surface area contributed by atoms with E-state index in [1.165, 1.54) is 27.1 Å². The monoisotopic (exact) mass is 737 g/mol. The zero-order chi connectivity index (χ0) is 38.4. The molecule has 2 aromatic heterocycles. The molecule has 9 aromatic carbocycles. The Balaban J connectivity index is 1.12. The summed E-state index contributed by atoms with van der Waals surface area (Å²) in [5.74, 6) is 0.693. The molecule has 0 N–H and O–H groups in total. The van der Waals surface area contributed by atoms with Crippen molar-refractivity contribution in [1.29, 1.82) is 0 Å². The highest BCUT2D eigenvalue weighted by Crippen LogP contribution is 2.43. The first-order chi connectivity index (χ1) is 28.7. The Kier molecular flexibility index (Phi) is 8.15. The van der Waals surface area contributed by atoms with E-state index in [1.807, 2.05) is 36.4 Å². The van der Waals surface area contributed by atoms with Gasteiger partial charge in [0.1, 0.15) is 0 Å². The molecular formula is C55H35N3. The topological polar surface area (TPSA) is 38.7 Å². The Hall–Kier alpha value is -7.75. The molecule has 0 saturated carbocycles. The van der Waals surface area contributed by atoms with Crippen molar-refractivity contribution >= 4 is 43.2 Å². The summed E-state index contributed by atoms with van der Waals surface area (Å²) in [6.07, 6.45) is 0. The molecule has 3 nitrogen and oxygen atoms in total. The highest BCUT2D eigenvalue weighted by molar-refractivity contribution is 6.18. The van der Waals surface area contributed by atoms with Crippen molar-refractivity contribution in [3.05, 3.63) is 212 Å². The summed E-state index contributed by atoms with van der Waals surface area (Å²) >= 11 is 0. The van der Waals surface area contributed by atoms with Gasteiger partial charge in [-0.2, -0.15) is 0 Å². The largest absolute Gasteiger partial charge is 0.247 e. The molecule has 11 aromatic rings. The van der Waals surface area contributed by atoms with Gasteiger partial charge < -0.3 is 0 Å². The minimum absolute atomic E-state index is 0.693. The second-order valence-electron chi connectivity index (χ2n) is 14.7. The molecule has 11 rings (SSSR count). The van der Waals surface area contributed by atoms with Crippen LogP contribution in [0, 0.1) is 0 Å². The van der Waals surface area contributed by atoms with Gasteiger partial charge in [-0.3, -0.25) is 0 Å². The third-order valence-electron chi connectivity index (χ3n) is 11.3. The molecule has 0 unspecified atom stereocenters. The normalized spacial score (nSPS) is 11.4. The lowest BCUT2D eigenvalue weighted by Crippen LogP contribution is -1.96. The van der Waals surface area contributed by atoms with Crippen LogP contribution in [0.25, 0.3) is 111 Å². The zero-order valence-corrected chi connectivity index (χ0v) is 31.5. The summed E-state index contributed by atoms with van der Waals surface area (Å²) < 4.78 is 0. The van der Waals surface area contributed by atoms with Crippen LogP contribution in [0.2, 0.25) is 0 Å². The van der Waals surface area contributed by atoms with Crippen molar-refractivity contribution in [3.8, 4) is 67.4 Å². The Labute approximate surface area is 336 Å². The van der Waals surface area contributed by atoms with E-state index in [-0.39, 0.29) is 0 Å². The van der Waals surface area contributed by atoms with Gasteiger partial charge in [0.2, 0.25) is 0 Å². The van der Waals surface area contributed by atoms with Crippen LogP contribution in [0.4, 0.5) is 0 Å². The highest BCUT2D eigenvalue weighted by atomic mass is 14.9. The van der Waals surface area contributed by atoms with Gasteiger partial charge >= 0.3 is 0 Å². The summed E-state index contributed by atoms with van der Waals surface area (Å²) in [4.78, 5) is 15.7. The molecule has 0 spiro atoms. The first-order valence-electron chi connectivity index (χ1n) is 19.7. The molecule has 0 saturated heterocycles. The molecule has 0 aliphatic carbocycles. The van der Waals surface area contributed by atoms with Gasteiger partial charge in [0.15, 0.2) is 5.82 Å². The summed E-state index contributed by atoms with van der Waals surface area (Å²) in [5, 5.41) is 8.21. The Morgan fingerprint density at radius 1 is 0.241 bits per heavy atom. The SMILES string of the molecule is c1ccc(-c2cc(-c3ccccc3)nc(-c3ccc(-c4cc5c(-c6cccc7ccccc67)cc(-c6cccc7ccccc67)nc5c5ccccc45)cc3)n2)cc1. The van der Waals surface area contributed by atoms with Crippen LogP contribution in [0.15, 0.2) is 212 Å². The molecule has 0 aliphatic rings. The van der Waals surface area contributed by atoms with Crippen LogP contribution < -0.4 is 0 Å². The lowest BCUT2D eigenvalue weighted by Gasteiger charge is -2.17. The molecule has 0 amide bonds. The van der Waals surface area contributed by atoms with Crippen molar-refractivity contribution in [2.75, 3.05) is 0 Å². The molecule has 3 heteroatoms. The molecular weight excluding hydrogens is 703 g/mol. The maximum atomic E-state index is 5.53. The van der Waals surface area contributed by atoms with Crippen molar-refractivity contribution in [2.45, 2.75) is 0 Å². The fourth-order valence-corrected chi connectivity index (χ4v) is 8.45. The number of hydrogen-bond acceptors (Lipinski definition) is 3. The first kappa shape index (κ1) is 33.6. The average Bonchev–Trinajstić information content (AvgIpc) is 3.31. The highest BCUT2D eigenvalue weighted by Gasteiger charge is 2.19. The predicted molar refractivity (Wildman–Crippen MR) is 242 cm³/mol. The summed E-state index contributed by atoms with van der Waals surface area (Å²) in [5.41, 5.74) is 12.6. The molecule has 0 atom stereocenters. The van der Waals surface area contributed by atoms with Crippen LogP contribution in [-0.4, -0.2) is 15.0 Å². The van der Waals surface area contributed by atoms with Gasteiger partial charge in [0, 0.05) is 33.0 Å². The van der Waals surface area contributed by atoms with E-state index in [1.54, 1.807) is 0 Å². The molecule has 0 bridgehead atoms. The number of aromatic nitrogens is 3. The van der Waals surface area contributed by atoms with Gasteiger partial charge in [-0.15, -0.1) is 0 Å². The summed E-state index contributed by atoms with van der Waals surface area (Å²) in [6, 6.07) is 75.2. The fraction of sp³-hybridized carbons (Fsp3) is 0. The van der Waals surface area contributed by atoms with Crippen LogP contribution in [0.1, 0.15) is 0 Å². The minimum Gasteiger partial charge on any atom is -0.247 e. The standard InChI is InChI=1S/C55H35N3/c1-3-17-39(18-4-1)51-35-52(40-19-5-2-6-20-40)58-55(57-51)41-31-29-38(30-32-41)48-33-50-49(44-27-13-21-36-15-7-9-23-42(36)44)34-53(56-54(50)47-26-12-11-25-45(47)48)46-28-14-22-37-16-8-10-24-43(37)46/h1-35H.